The minimum absolute atomic E-state index is 0.220. The summed E-state index contributed by atoms with van der Waals surface area (Å²) >= 11 is 13.6. The zero-order valence-corrected chi connectivity index (χ0v) is 13.2. The van der Waals surface area contributed by atoms with Gasteiger partial charge in [0.2, 0.25) is 0 Å². The number of benzene rings is 1. The van der Waals surface area contributed by atoms with E-state index in [0.29, 0.717) is 23.1 Å². The lowest BCUT2D eigenvalue weighted by Crippen LogP contribution is -2.36. The second-order valence-corrected chi connectivity index (χ2v) is 5.79. The smallest absolute Gasteiger partial charge is 0.323 e. The molecule has 0 radical (unpaired) electrons. The summed E-state index contributed by atoms with van der Waals surface area (Å²) in [5.74, 6) is 0.535. The van der Waals surface area contributed by atoms with Crippen molar-refractivity contribution < 1.29 is 9.53 Å². The number of rotatable bonds is 7. The first-order valence-corrected chi connectivity index (χ1v) is 7.74. The van der Waals surface area contributed by atoms with E-state index in [2.05, 4.69) is 5.32 Å². The molecule has 0 spiro atoms. The molecular weight excluding hydrogens is 305 g/mol. The highest BCUT2D eigenvalue weighted by Gasteiger charge is 2.17. The van der Waals surface area contributed by atoms with Crippen LogP contribution < -0.4 is 5.32 Å². The highest BCUT2D eigenvalue weighted by molar-refractivity contribution is 7.99. The number of nitrogens with one attached hydrogen (secondary N) is 1. The van der Waals surface area contributed by atoms with Crippen molar-refractivity contribution >= 4 is 40.9 Å². The Labute approximate surface area is 128 Å². The fourth-order valence-electron chi connectivity index (χ4n) is 1.50. The number of hydrogen-bond acceptors (Lipinski definition) is 4. The molecule has 0 aromatic heterocycles. The first-order valence-electron chi connectivity index (χ1n) is 6.00. The molecule has 6 heteroatoms. The van der Waals surface area contributed by atoms with E-state index in [9.17, 15) is 4.79 Å². The summed E-state index contributed by atoms with van der Waals surface area (Å²) in [4.78, 5) is 12.5. The Hall–Kier alpha value is -0.420. The van der Waals surface area contributed by atoms with Crippen LogP contribution in [0, 0.1) is 0 Å². The molecule has 0 saturated carbocycles. The minimum atomic E-state index is -0.287. The van der Waals surface area contributed by atoms with Crippen molar-refractivity contribution in [3.05, 3.63) is 28.2 Å². The molecule has 3 nitrogen and oxygen atoms in total. The van der Waals surface area contributed by atoms with Gasteiger partial charge < -0.3 is 10.1 Å². The van der Waals surface area contributed by atoms with E-state index >= 15 is 0 Å². The van der Waals surface area contributed by atoms with Gasteiger partial charge in [-0.1, -0.05) is 23.2 Å². The predicted molar refractivity (Wildman–Crippen MR) is 81.3 cm³/mol. The van der Waals surface area contributed by atoms with E-state index in [1.807, 2.05) is 6.07 Å². The molecule has 1 unspecified atom stereocenters. The molecule has 1 aromatic carbocycles. The molecule has 0 amide bonds. The van der Waals surface area contributed by atoms with E-state index < -0.39 is 0 Å². The molecule has 1 aromatic rings. The van der Waals surface area contributed by atoms with Gasteiger partial charge in [0, 0.05) is 15.7 Å². The van der Waals surface area contributed by atoms with Crippen molar-refractivity contribution in [1.82, 2.24) is 5.32 Å². The fraction of sp³-hybridized carbons (Fsp3) is 0.462. The van der Waals surface area contributed by atoms with Gasteiger partial charge in [0.15, 0.2) is 0 Å². The van der Waals surface area contributed by atoms with Gasteiger partial charge in [-0.2, -0.15) is 0 Å². The highest BCUT2D eigenvalue weighted by atomic mass is 35.5. The van der Waals surface area contributed by atoms with Gasteiger partial charge >= 0.3 is 5.97 Å². The molecule has 0 heterocycles. The Kier molecular flexibility index (Phi) is 7.61. The quantitative estimate of drug-likeness (QED) is 0.614. The zero-order chi connectivity index (χ0) is 14.3. The maximum absolute atomic E-state index is 11.6. The number of ether oxygens (including phenoxy) is 1. The van der Waals surface area contributed by atoms with E-state index in [-0.39, 0.29) is 12.0 Å². The maximum Gasteiger partial charge on any atom is 0.323 e. The molecule has 1 N–H and O–H groups in total. The molecule has 19 heavy (non-hydrogen) atoms. The highest BCUT2D eigenvalue weighted by Crippen LogP contribution is 2.30. The van der Waals surface area contributed by atoms with Gasteiger partial charge in [-0.25, -0.2) is 0 Å². The second kappa shape index (κ2) is 8.69. The molecular formula is C13H17Cl2NO2S. The maximum atomic E-state index is 11.6. The Balaban J connectivity index is 2.48. The number of esters is 1. The first kappa shape index (κ1) is 16.6. The molecule has 0 fully saturated rings. The summed E-state index contributed by atoms with van der Waals surface area (Å²) in [6, 6.07) is 5.06. The predicted octanol–water partition coefficient (Wildman–Crippen LogP) is 3.63. The van der Waals surface area contributed by atoms with Crippen LogP contribution in [0.15, 0.2) is 23.1 Å². The fourth-order valence-corrected chi connectivity index (χ4v) is 3.01. The van der Waals surface area contributed by atoms with Crippen LogP contribution >= 0.6 is 35.0 Å². The Morgan fingerprint density at radius 1 is 1.47 bits per heavy atom. The van der Waals surface area contributed by atoms with Crippen molar-refractivity contribution in [1.29, 1.82) is 0 Å². The van der Waals surface area contributed by atoms with Gasteiger partial charge in [0.1, 0.15) is 6.04 Å². The Morgan fingerprint density at radius 3 is 2.84 bits per heavy atom. The molecule has 0 bridgehead atoms. The van der Waals surface area contributed by atoms with Crippen molar-refractivity contribution in [3.63, 3.8) is 0 Å². The van der Waals surface area contributed by atoms with E-state index in [1.54, 1.807) is 37.9 Å². The summed E-state index contributed by atoms with van der Waals surface area (Å²) in [7, 11) is 1.75. The third-order valence-corrected chi connectivity index (χ3v) is 4.24. The van der Waals surface area contributed by atoms with Crippen LogP contribution in [-0.4, -0.2) is 31.4 Å². The van der Waals surface area contributed by atoms with E-state index in [4.69, 9.17) is 27.9 Å². The van der Waals surface area contributed by atoms with Gasteiger partial charge in [0.05, 0.1) is 11.6 Å². The molecule has 0 aliphatic carbocycles. The number of carbonyl (C=O) groups excluding carboxylic acids is 1. The second-order valence-electron chi connectivity index (χ2n) is 3.81. The van der Waals surface area contributed by atoms with Gasteiger partial charge in [-0.05, 0) is 38.6 Å². The third kappa shape index (κ3) is 5.61. The van der Waals surface area contributed by atoms with Crippen LogP contribution in [0.2, 0.25) is 10.0 Å². The van der Waals surface area contributed by atoms with Gasteiger partial charge in [-0.15, -0.1) is 11.8 Å². The minimum Gasteiger partial charge on any atom is -0.465 e. The van der Waals surface area contributed by atoms with Crippen molar-refractivity contribution in [2.75, 3.05) is 19.4 Å². The van der Waals surface area contributed by atoms with Crippen LogP contribution in [0.5, 0.6) is 0 Å². The number of halogens is 2. The number of thioether (sulfide) groups is 1. The molecule has 0 saturated heterocycles. The number of likely N-dealkylation sites (N-methyl/N-ethyl adjacent to an activating group) is 1. The Morgan fingerprint density at radius 2 is 2.21 bits per heavy atom. The van der Waals surface area contributed by atoms with Crippen LogP contribution in [0.25, 0.3) is 0 Å². The largest absolute Gasteiger partial charge is 0.465 e. The normalized spacial score (nSPS) is 12.2. The summed E-state index contributed by atoms with van der Waals surface area (Å²) in [6.45, 7) is 2.19. The lowest BCUT2D eigenvalue weighted by Gasteiger charge is -2.14. The van der Waals surface area contributed by atoms with Gasteiger partial charge in [0.25, 0.3) is 0 Å². The van der Waals surface area contributed by atoms with Crippen LogP contribution in [0.4, 0.5) is 0 Å². The monoisotopic (exact) mass is 321 g/mol. The number of hydrogen-bond donors (Lipinski definition) is 1. The van der Waals surface area contributed by atoms with Crippen LogP contribution in [0.1, 0.15) is 13.3 Å². The van der Waals surface area contributed by atoms with Gasteiger partial charge in [-0.3, -0.25) is 4.79 Å². The summed E-state index contributed by atoms with van der Waals surface area (Å²) < 4.78 is 4.98. The average Bonchev–Trinajstić information content (AvgIpc) is 2.38. The Bertz CT molecular complexity index is 429. The summed E-state index contributed by atoms with van der Waals surface area (Å²) in [5, 5.41) is 4.28. The number of carbonyl (C=O) groups is 1. The first-order chi connectivity index (χ1) is 9.08. The standard InChI is InChI=1S/C13H17Cl2NO2S/c1-3-18-13(17)11(16-2)6-7-19-12-8-9(14)4-5-10(12)15/h4-5,8,11,16H,3,6-7H2,1-2H3. The summed E-state index contributed by atoms with van der Waals surface area (Å²) in [5.41, 5.74) is 0. The van der Waals surface area contributed by atoms with Crippen molar-refractivity contribution in [2.24, 2.45) is 0 Å². The molecule has 106 valence electrons. The zero-order valence-electron chi connectivity index (χ0n) is 10.9. The SMILES string of the molecule is CCOC(=O)C(CCSc1cc(Cl)ccc1Cl)NC. The van der Waals surface area contributed by atoms with Crippen LogP contribution in [0.3, 0.4) is 0 Å². The van der Waals surface area contributed by atoms with E-state index in [1.165, 1.54) is 0 Å². The lowest BCUT2D eigenvalue weighted by molar-refractivity contribution is -0.145. The molecule has 1 atom stereocenters. The molecule has 0 aliphatic rings. The van der Waals surface area contributed by atoms with Crippen molar-refractivity contribution in [2.45, 2.75) is 24.3 Å². The van der Waals surface area contributed by atoms with Crippen molar-refractivity contribution in [3.8, 4) is 0 Å². The van der Waals surface area contributed by atoms with E-state index in [0.717, 1.165) is 10.6 Å². The van der Waals surface area contributed by atoms with Crippen LogP contribution in [-0.2, 0) is 9.53 Å². The molecule has 1 rings (SSSR count). The third-order valence-electron chi connectivity index (χ3n) is 2.48. The lowest BCUT2D eigenvalue weighted by atomic mass is 10.2. The average molecular weight is 322 g/mol. The molecule has 0 aliphatic heterocycles. The summed E-state index contributed by atoms with van der Waals surface area (Å²) in [6.07, 6.45) is 0.669. The topological polar surface area (TPSA) is 38.3 Å².